The van der Waals surface area contributed by atoms with E-state index in [2.05, 4.69) is 26.9 Å². The highest BCUT2D eigenvalue weighted by molar-refractivity contribution is 5.89. The summed E-state index contributed by atoms with van der Waals surface area (Å²) in [6.07, 6.45) is 2.10. The van der Waals surface area contributed by atoms with E-state index in [1.54, 1.807) is 11.8 Å². The van der Waals surface area contributed by atoms with Gasteiger partial charge < -0.3 is 10.1 Å². The van der Waals surface area contributed by atoms with E-state index in [1.807, 2.05) is 89.8 Å². The molecule has 0 aliphatic carbocycles. The number of rotatable bonds is 7. The van der Waals surface area contributed by atoms with E-state index in [0.29, 0.717) is 12.5 Å². The van der Waals surface area contributed by atoms with E-state index in [1.165, 1.54) is 0 Å². The van der Waals surface area contributed by atoms with Gasteiger partial charge in [0.1, 0.15) is 18.3 Å². The third-order valence-corrected chi connectivity index (χ3v) is 5.72. The van der Waals surface area contributed by atoms with Gasteiger partial charge in [0.05, 0.1) is 12.8 Å². The number of fused-ring (bicyclic) bond motifs is 1. The molecule has 2 heterocycles. The third kappa shape index (κ3) is 4.38. The first kappa shape index (κ1) is 21.4. The summed E-state index contributed by atoms with van der Waals surface area (Å²) in [7, 11) is 1.62. The molecule has 0 spiro atoms. The molecule has 0 bridgehead atoms. The van der Waals surface area contributed by atoms with Crippen LogP contribution in [0.1, 0.15) is 22.7 Å². The van der Waals surface area contributed by atoms with Crippen LogP contribution in [0, 0.1) is 0 Å². The maximum absolute atomic E-state index is 13.0. The van der Waals surface area contributed by atoms with Crippen molar-refractivity contribution in [2.75, 3.05) is 18.6 Å². The molecule has 1 aliphatic heterocycles. The third-order valence-electron chi connectivity index (χ3n) is 5.72. The van der Waals surface area contributed by atoms with Gasteiger partial charge in [-0.3, -0.25) is 9.69 Å². The summed E-state index contributed by atoms with van der Waals surface area (Å²) in [4.78, 5) is 14.9. The van der Waals surface area contributed by atoms with Crippen LogP contribution < -0.4 is 15.0 Å². The summed E-state index contributed by atoms with van der Waals surface area (Å²) >= 11 is 0. The number of nitrogens with zero attached hydrogens (tertiary/aromatic N) is 5. The molecule has 1 aliphatic rings. The van der Waals surface area contributed by atoms with Crippen LogP contribution in [0.4, 0.5) is 5.95 Å². The highest BCUT2D eigenvalue weighted by atomic mass is 16.5. The second-order valence-electron chi connectivity index (χ2n) is 7.91. The second kappa shape index (κ2) is 9.58. The van der Waals surface area contributed by atoms with Gasteiger partial charge in [-0.25, -0.2) is 0 Å². The fourth-order valence-corrected chi connectivity index (χ4v) is 4.05. The van der Waals surface area contributed by atoms with Gasteiger partial charge in [0.25, 0.3) is 5.95 Å². The summed E-state index contributed by atoms with van der Waals surface area (Å²) in [5.74, 6) is 1.13. The van der Waals surface area contributed by atoms with Crippen LogP contribution in [0.3, 0.4) is 0 Å². The number of nitrogens with one attached hydrogen (secondary N) is 1. The maximum Gasteiger partial charge on any atom is 0.251 e. The van der Waals surface area contributed by atoms with Crippen molar-refractivity contribution in [3.8, 4) is 5.75 Å². The first-order chi connectivity index (χ1) is 16.7. The predicted octanol–water partition coefficient (Wildman–Crippen LogP) is 3.45. The smallest absolute Gasteiger partial charge is 0.251 e. The molecule has 0 radical (unpaired) electrons. The van der Waals surface area contributed by atoms with E-state index in [4.69, 9.17) is 4.74 Å². The van der Waals surface area contributed by atoms with Crippen molar-refractivity contribution < 1.29 is 9.53 Å². The zero-order valence-electron chi connectivity index (χ0n) is 18.7. The van der Waals surface area contributed by atoms with Gasteiger partial charge in [-0.1, -0.05) is 77.9 Å². The normalized spacial score (nSPS) is 14.8. The molecule has 0 fully saturated rings. The molecule has 8 heteroatoms. The molecule has 0 saturated heterocycles. The molecular weight excluding hydrogens is 428 g/mol. The summed E-state index contributed by atoms with van der Waals surface area (Å²) < 4.78 is 7.02. The van der Waals surface area contributed by atoms with Crippen molar-refractivity contribution >= 4 is 17.6 Å². The summed E-state index contributed by atoms with van der Waals surface area (Å²) in [5, 5.41) is 15.4. The van der Waals surface area contributed by atoms with Gasteiger partial charge in [0.2, 0.25) is 5.91 Å². The Bertz CT molecular complexity index is 1300. The lowest BCUT2D eigenvalue weighted by atomic mass is 10.0. The summed E-state index contributed by atoms with van der Waals surface area (Å²) in [6.45, 7) is 0.471. The standard InChI is InChI=1S/C26H24N6O2/c1-34-22-14-8-9-19(15-22)17-27-25(33)18-31-23(20-10-4-2-5-11-20)16-24(21-12-6-3-7-13-21)32-26(31)28-29-30-32/h2-16,24H,17-18H2,1H3,(H,27,33). The van der Waals surface area contributed by atoms with Crippen molar-refractivity contribution in [2.45, 2.75) is 12.6 Å². The Hall–Kier alpha value is -4.46. The molecule has 1 N–H and O–H groups in total. The van der Waals surface area contributed by atoms with Crippen LogP contribution in [0.5, 0.6) is 5.75 Å². The molecule has 1 atom stereocenters. The van der Waals surface area contributed by atoms with Gasteiger partial charge in [-0.05, 0) is 45.3 Å². The Morgan fingerprint density at radius 2 is 1.76 bits per heavy atom. The lowest BCUT2D eigenvalue weighted by Crippen LogP contribution is -2.39. The van der Waals surface area contributed by atoms with Crippen molar-refractivity contribution in [1.29, 1.82) is 0 Å². The summed E-state index contributed by atoms with van der Waals surface area (Å²) in [5.41, 5.74) is 3.89. The number of hydrogen-bond donors (Lipinski definition) is 1. The second-order valence-corrected chi connectivity index (χ2v) is 7.91. The Kier molecular flexibility index (Phi) is 6.03. The molecule has 1 aromatic heterocycles. The van der Waals surface area contributed by atoms with Crippen molar-refractivity contribution in [3.05, 3.63) is 108 Å². The SMILES string of the molecule is COc1cccc(CNC(=O)CN2C(c3ccccc3)=CC(c3ccccc3)n3nnnc32)c1. The number of amides is 1. The number of hydrogen-bond acceptors (Lipinski definition) is 6. The first-order valence-electron chi connectivity index (χ1n) is 11.0. The molecule has 170 valence electrons. The van der Waals surface area contributed by atoms with E-state index >= 15 is 0 Å². The number of benzene rings is 3. The zero-order chi connectivity index (χ0) is 23.3. The highest BCUT2D eigenvalue weighted by Gasteiger charge is 2.31. The molecule has 1 amide bonds. The van der Waals surface area contributed by atoms with Gasteiger partial charge in [-0.15, -0.1) is 0 Å². The quantitative estimate of drug-likeness (QED) is 0.462. The molecule has 5 rings (SSSR count). The number of anilines is 1. The monoisotopic (exact) mass is 452 g/mol. The van der Waals surface area contributed by atoms with E-state index < -0.39 is 0 Å². The van der Waals surface area contributed by atoms with Crippen LogP contribution in [0.15, 0.2) is 91.0 Å². The number of carbonyl (C=O) groups is 1. The van der Waals surface area contributed by atoms with Crippen LogP contribution in [0.2, 0.25) is 0 Å². The Morgan fingerprint density at radius 1 is 1.00 bits per heavy atom. The minimum absolute atomic E-state index is 0.0760. The highest BCUT2D eigenvalue weighted by Crippen LogP contribution is 2.35. The number of aromatic nitrogens is 4. The van der Waals surface area contributed by atoms with Gasteiger partial charge in [-0.2, -0.15) is 4.68 Å². The average Bonchev–Trinajstić information content (AvgIpc) is 3.39. The van der Waals surface area contributed by atoms with Gasteiger partial charge in [0.15, 0.2) is 0 Å². The number of methoxy groups -OCH3 is 1. The van der Waals surface area contributed by atoms with Gasteiger partial charge >= 0.3 is 0 Å². The summed E-state index contributed by atoms with van der Waals surface area (Å²) in [6, 6.07) is 27.5. The van der Waals surface area contributed by atoms with Gasteiger partial charge in [0, 0.05) is 6.54 Å². The lowest BCUT2D eigenvalue weighted by Gasteiger charge is -2.32. The molecule has 3 aromatic carbocycles. The average molecular weight is 453 g/mol. The Balaban J connectivity index is 1.43. The lowest BCUT2D eigenvalue weighted by molar-refractivity contribution is -0.119. The minimum Gasteiger partial charge on any atom is -0.497 e. The minimum atomic E-state index is -0.183. The van der Waals surface area contributed by atoms with Crippen LogP contribution in [-0.2, 0) is 11.3 Å². The van der Waals surface area contributed by atoms with E-state index in [9.17, 15) is 4.79 Å². The molecule has 0 saturated carbocycles. The fourth-order valence-electron chi connectivity index (χ4n) is 4.05. The first-order valence-corrected chi connectivity index (χ1v) is 11.0. The molecule has 4 aromatic rings. The van der Waals surface area contributed by atoms with E-state index in [0.717, 1.165) is 28.1 Å². The number of tetrazole rings is 1. The predicted molar refractivity (Wildman–Crippen MR) is 129 cm³/mol. The molecule has 8 nitrogen and oxygen atoms in total. The number of allylic oxidation sites excluding steroid dienone is 1. The number of ether oxygens (including phenoxy) is 1. The molecule has 34 heavy (non-hydrogen) atoms. The topological polar surface area (TPSA) is 85.2 Å². The van der Waals surface area contributed by atoms with Crippen molar-refractivity contribution in [2.24, 2.45) is 0 Å². The van der Waals surface area contributed by atoms with E-state index in [-0.39, 0.29) is 18.5 Å². The number of carbonyl (C=O) groups excluding carboxylic acids is 1. The molecular formula is C26H24N6O2. The Labute approximate surface area is 197 Å². The largest absolute Gasteiger partial charge is 0.497 e. The van der Waals surface area contributed by atoms with Crippen molar-refractivity contribution in [3.63, 3.8) is 0 Å². The Morgan fingerprint density at radius 3 is 2.53 bits per heavy atom. The fraction of sp³-hybridized carbons (Fsp3) is 0.154. The van der Waals surface area contributed by atoms with Crippen molar-refractivity contribution in [1.82, 2.24) is 25.5 Å². The van der Waals surface area contributed by atoms with Crippen LogP contribution in [0.25, 0.3) is 5.70 Å². The van der Waals surface area contributed by atoms with Crippen LogP contribution >= 0.6 is 0 Å². The molecule has 1 unspecified atom stereocenters. The zero-order valence-corrected chi connectivity index (χ0v) is 18.7. The maximum atomic E-state index is 13.0. The van der Waals surface area contributed by atoms with Crippen LogP contribution in [-0.4, -0.2) is 39.8 Å².